The monoisotopic (exact) mass is 305 g/mol. The number of aliphatic hydroxyl groups is 1. The number of carbonyl (C=O) groups excluding carboxylic acids is 1. The summed E-state index contributed by atoms with van der Waals surface area (Å²) in [6, 6.07) is 11.3. The molecule has 113 valence electrons. The molecular weight excluding hydrogens is 291 g/mol. The molecule has 1 radical (unpaired) electrons. The molecule has 0 saturated carbocycles. The number of aldehydes is 1. The van der Waals surface area contributed by atoms with E-state index in [1.165, 1.54) is 0 Å². The molecule has 6 heteroatoms. The second kappa shape index (κ2) is 7.13. The Kier molecular flexibility index (Phi) is 4.75. The zero-order valence-corrected chi connectivity index (χ0v) is 12.3. The van der Waals surface area contributed by atoms with Gasteiger partial charge in [-0.15, -0.1) is 0 Å². The first-order valence-corrected chi connectivity index (χ1v) is 7.18. The maximum absolute atomic E-state index is 10.7. The normalized spacial score (nSPS) is 10.7. The molecule has 0 saturated heterocycles. The second-order valence-electron chi connectivity index (χ2n) is 4.94. The van der Waals surface area contributed by atoms with E-state index in [1.54, 1.807) is 25.9 Å². The Morgan fingerprint density at radius 2 is 2.09 bits per heavy atom. The summed E-state index contributed by atoms with van der Waals surface area (Å²) >= 11 is 0. The van der Waals surface area contributed by atoms with Crippen molar-refractivity contribution in [3.05, 3.63) is 54.5 Å². The number of nitrogens with zero attached hydrogens (tertiary/aromatic N) is 2. The molecule has 23 heavy (non-hydrogen) atoms. The van der Waals surface area contributed by atoms with E-state index in [-0.39, 0.29) is 13.2 Å². The Morgan fingerprint density at radius 1 is 1.17 bits per heavy atom. The van der Waals surface area contributed by atoms with Crippen LogP contribution in [0.1, 0.15) is 10.5 Å². The Bertz CT molecular complexity index is 822. The molecule has 0 bridgehead atoms. The predicted molar refractivity (Wildman–Crippen MR) is 88.8 cm³/mol. The van der Waals surface area contributed by atoms with E-state index in [1.807, 2.05) is 30.3 Å². The van der Waals surface area contributed by atoms with Gasteiger partial charge in [0.05, 0.1) is 18.9 Å². The Morgan fingerprint density at radius 3 is 2.83 bits per heavy atom. The third kappa shape index (κ3) is 3.44. The van der Waals surface area contributed by atoms with E-state index >= 15 is 0 Å². The molecule has 2 heterocycles. The van der Waals surface area contributed by atoms with Gasteiger partial charge in [0.25, 0.3) is 0 Å². The number of rotatable bonds is 6. The maximum atomic E-state index is 10.7. The van der Waals surface area contributed by atoms with Gasteiger partial charge in [-0.1, -0.05) is 18.2 Å². The van der Waals surface area contributed by atoms with Crippen LogP contribution in [0.4, 0.5) is 0 Å². The lowest BCUT2D eigenvalue weighted by Crippen LogP contribution is -2.20. The zero-order valence-electron chi connectivity index (χ0n) is 12.3. The molecule has 0 unspecified atom stereocenters. The molecule has 5 nitrogen and oxygen atoms in total. The van der Waals surface area contributed by atoms with Gasteiger partial charge in [-0.05, 0) is 34.4 Å². The minimum atomic E-state index is -0.0204. The van der Waals surface area contributed by atoms with Crippen LogP contribution in [-0.2, 0) is 4.65 Å². The summed E-state index contributed by atoms with van der Waals surface area (Å²) < 4.78 is 5.27. The minimum absolute atomic E-state index is 0.0204. The fourth-order valence-corrected chi connectivity index (χ4v) is 2.28. The summed E-state index contributed by atoms with van der Waals surface area (Å²) in [6.07, 6.45) is 4.14. The first-order valence-electron chi connectivity index (χ1n) is 7.18. The standard InChI is InChI=1S/C17H14BN2O3/c21-6-7-23-18-16-3-1-2-12-8-17(20-10-15(12)16)13-4-5-14(11-22)19-9-13/h1-5,8-11,21H,6-7H2. The minimum Gasteiger partial charge on any atom is -0.432 e. The Labute approximate surface area is 134 Å². The van der Waals surface area contributed by atoms with Gasteiger partial charge in [0.15, 0.2) is 6.29 Å². The average Bonchev–Trinajstić information content (AvgIpc) is 2.62. The van der Waals surface area contributed by atoms with Gasteiger partial charge in [0, 0.05) is 18.0 Å². The van der Waals surface area contributed by atoms with E-state index in [2.05, 4.69) is 9.97 Å². The molecule has 0 fully saturated rings. The van der Waals surface area contributed by atoms with Crippen LogP contribution in [0, 0.1) is 0 Å². The molecule has 1 N–H and O–H groups in total. The Hall–Kier alpha value is -2.57. The molecule has 0 aliphatic heterocycles. The lowest BCUT2D eigenvalue weighted by atomic mass is 9.84. The van der Waals surface area contributed by atoms with Crippen molar-refractivity contribution < 1.29 is 14.6 Å². The smallest absolute Gasteiger partial charge is 0.330 e. The number of hydrogen-bond donors (Lipinski definition) is 1. The Balaban J connectivity index is 1.93. The summed E-state index contributed by atoms with van der Waals surface area (Å²) in [7, 11) is 1.63. The van der Waals surface area contributed by atoms with Crippen LogP contribution in [0.2, 0.25) is 0 Å². The molecule has 3 aromatic rings. The molecule has 0 aliphatic carbocycles. The predicted octanol–water partition coefficient (Wildman–Crippen LogP) is 1.36. The molecule has 0 spiro atoms. The van der Waals surface area contributed by atoms with Gasteiger partial charge in [-0.3, -0.25) is 14.8 Å². The third-order valence-electron chi connectivity index (χ3n) is 3.42. The van der Waals surface area contributed by atoms with Crippen LogP contribution >= 0.6 is 0 Å². The van der Waals surface area contributed by atoms with Crippen molar-refractivity contribution in [3.63, 3.8) is 0 Å². The number of pyridine rings is 2. The van der Waals surface area contributed by atoms with E-state index in [4.69, 9.17) is 9.76 Å². The van der Waals surface area contributed by atoms with Crippen molar-refractivity contribution in [2.75, 3.05) is 13.2 Å². The highest BCUT2D eigenvalue weighted by Crippen LogP contribution is 2.20. The van der Waals surface area contributed by atoms with Gasteiger partial charge in [0.2, 0.25) is 0 Å². The second-order valence-corrected chi connectivity index (χ2v) is 4.94. The number of aromatic nitrogens is 2. The van der Waals surface area contributed by atoms with Crippen LogP contribution in [0.5, 0.6) is 0 Å². The van der Waals surface area contributed by atoms with E-state index in [0.29, 0.717) is 12.0 Å². The molecule has 3 rings (SSSR count). The number of benzene rings is 1. The van der Waals surface area contributed by atoms with Crippen molar-refractivity contribution in [1.29, 1.82) is 0 Å². The van der Waals surface area contributed by atoms with Crippen LogP contribution < -0.4 is 5.46 Å². The van der Waals surface area contributed by atoms with Crippen molar-refractivity contribution in [2.24, 2.45) is 0 Å². The summed E-state index contributed by atoms with van der Waals surface area (Å²) in [5, 5.41) is 10.8. The summed E-state index contributed by atoms with van der Waals surface area (Å²) in [5.74, 6) is 0. The lowest BCUT2D eigenvalue weighted by Gasteiger charge is -2.07. The number of fused-ring (bicyclic) bond motifs is 1. The fourth-order valence-electron chi connectivity index (χ4n) is 2.28. The SMILES string of the molecule is O=Cc1ccc(-c2cc3cccc([B]OCCO)c3cn2)cn1. The van der Waals surface area contributed by atoms with E-state index < -0.39 is 0 Å². The molecular formula is C17H14BN2O3. The quantitative estimate of drug-likeness (QED) is 0.423. The van der Waals surface area contributed by atoms with Gasteiger partial charge in [0.1, 0.15) is 5.69 Å². The topological polar surface area (TPSA) is 72.3 Å². The third-order valence-corrected chi connectivity index (χ3v) is 3.42. The van der Waals surface area contributed by atoms with Crippen LogP contribution in [0.25, 0.3) is 22.0 Å². The van der Waals surface area contributed by atoms with E-state index in [0.717, 1.165) is 27.5 Å². The van der Waals surface area contributed by atoms with Crippen molar-refractivity contribution >= 4 is 30.0 Å². The highest BCUT2D eigenvalue weighted by atomic mass is 16.4. The van der Waals surface area contributed by atoms with E-state index in [9.17, 15) is 4.79 Å². The number of carbonyl (C=O) groups is 1. The molecule has 1 aromatic carbocycles. The van der Waals surface area contributed by atoms with Gasteiger partial charge < -0.3 is 9.76 Å². The maximum Gasteiger partial charge on any atom is 0.330 e. The molecule has 0 atom stereocenters. The largest absolute Gasteiger partial charge is 0.432 e. The van der Waals surface area contributed by atoms with Crippen LogP contribution in [-0.4, -0.2) is 42.1 Å². The van der Waals surface area contributed by atoms with Crippen molar-refractivity contribution in [1.82, 2.24) is 9.97 Å². The first-order chi connectivity index (χ1) is 11.3. The number of hydrogen-bond acceptors (Lipinski definition) is 5. The van der Waals surface area contributed by atoms with Gasteiger partial charge >= 0.3 is 7.48 Å². The van der Waals surface area contributed by atoms with Gasteiger partial charge in [-0.2, -0.15) is 0 Å². The fraction of sp³-hybridized carbons (Fsp3) is 0.118. The summed E-state index contributed by atoms with van der Waals surface area (Å²) in [4.78, 5) is 19.2. The lowest BCUT2D eigenvalue weighted by molar-refractivity contribution is 0.111. The zero-order chi connectivity index (χ0) is 16.1. The molecule has 2 aromatic heterocycles. The van der Waals surface area contributed by atoms with Crippen molar-refractivity contribution in [3.8, 4) is 11.3 Å². The highest BCUT2D eigenvalue weighted by molar-refractivity contribution is 6.51. The molecule has 0 amide bonds. The van der Waals surface area contributed by atoms with Gasteiger partial charge in [-0.25, -0.2) is 0 Å². The average molecular weight is 305 g/mol. The van der Waals surface area contributed by atoms with Crippen LogP contribution in [0.15, 0.2) is 48.8 Å². The summed E-state index contributed by atoms with van der Waals surface area (Å²) in [5.41, 5.74) is 2.94. The summed E-state index contributed by atoms with van der Waals surface area (Å²) in [6.45, 7) is 0.240. The van der Waals surface area contributed by atoms with Crippen molar-refractivity contribution in [2.45, 2.75) is 0 Å². The molecule has 0 aliphatic rings. The van der Waals surface area contributed by atoms with Crippen LogP contribution in [0.3, 0.4) is 0 Å². The first kappa shape index (κ1) is 15.3. The highest BCUT2D eigenvalue weighted by Gasteiger charge is 2.07. The number of aliphatic hydroxyl groups excluding tert-OH is 1.